The Morgan fingerprint density at radius 1 is 0.923 bits per heavy atom. The molecule has 2 nitrogen and oxygen atoms in total. The summed E-state index contributed by atoms with van der Waals surface area (Å²) in [5.41, 5.74) is -0.662. The van der Waals surface area contributed by atoms with Gasteiger partial charge in [0.2, 0.25) is 0 Å². The minimum absolute atomic E-state index is 0.308. The van der Waals surface area contributed by atoms with Gasteiger partial charge in [-0.3, -0.25) is 9.59 Å². The lowest BCUT2D eigenvalue weighted by atomic mass is 9.59. The highest BCUT2D eigenvalue weighted by Gasteiger charge is 2.59. The molecule has 2 heteroatoms. The molecule has 0 aliphatic heterocycles. The van der Waals surface area contributed by atoms with Crippen LogP contribution in [0.3, 0.4) is 0 Å². The highest BCUT2D eigenvalue weighted by Crippen LogP contribution is 2.56. The van der Waals surface area contributed by atoms with Gasteiger partial charge >= 0.3 is 0 Å². The maximum Gasteiger partial charge on any atom is 0.139 e. The van der Waals surface area contributed by atoms with Crippen molar-refractivity contribution in [2.24, 2.45) is 10.8 Å². The molecule has 0 radical (unpaired) electrons. The van der Waals surface area contributed by atoms with Crippen molar-refractivity contribution in [1.29, 1.82) is 0 Å². The number of ketones is 2. The van der Waals surface area contributed by atoms with Crippen molar-refractivity contribution >= 4 is 11.6 Å². The van der Waals surface area contributed by atoms with E-state index in [9.17, 15) is 9.59 Å². The molecule has 2 aliphatic carbocycles. The maximum absolute atomic E-state index is 11.8. The van der Waals surface area contributed by atoms with Gasteiger partial charge in [0.15, 0.2) is 0 Å². The Morgan fingerprint density at radius 2 is 1.46 bits per heavy atom. The second-order valence-electron chi connectivity index (χ2n) is 4.86. The van der Waals surface area contributed by atoms with Gasteiger partial charge in [-0.05, 0) is 19.3 Å². The summed E-state index contributed by atoms with van der Waals surface area (Å²) >= 11 is 0. The summed E-state index contributed by atoms with van der Waals surface area (Å²) < 4.78 is 0. The zero-order valence-corrected chi connectivity index (χ0v) is 8.35. The molecule has 13 heavy (non-hydrogen) atoms. The van der Waals surface area contributed by atoms with E-state index in [1.54, 1.807) is 0 Å². The summed E-state index contributed by atoms with van der Waals surface area (Å²) in [6, 6.07) is 0. The van der Waals surface area contributed by atoms with Gasteiger partial charge in [-0.25, -0.2) is 0 Å². The molecule has 1 unspecified atom stereocenters. The van der Waals surface area contributed by atoms with Gasteiger partial charge in [0.05, 0.1) is 0 Å². The Morgan fingerprint density at radius 3 is 2.08 bits per heavy atom. The average Bonchev–Trinajstić information content (AvgIpc) is 2.31. The van der Waals surface area contributed by atoms with E-state index in [2.05, 4.69) is 0 Å². The first-order valence-electron chi connectivity index (χ1n) is 5.07. The van der Waals surface area contributed by atoms with Crippen LogP contribution >= 0.6 is 0 Å². The van der Waals surface area contributed by atoms with E-state index in [1.807, 2.05) is 13.8 Å². The largest absolute Gasteiger partial charge is 0.299 e. The smallest absolute Gasteiger partial charge is 0.139 e. The fourth-order valence-corrected chi connectivity index (χ4v) is 2.96. The summed E-state index contributed by atoms with van der Waals surface area (Å²) in [6.45, 7) is 3.97. The Kier molecular flexibility index (Phi) is 1.67. The van der Waals surface area contributed by atoms with Crippen LogP contribution in [0.5, 0.6) is 0 Å². The van der Waals surface area contributed by atoms with E-state index in [0.29, 0.717) is 24.4 Å². The molecule has 2 atom stereocenters. The molecule has 2 fully saturated rings. The number of carbonyl (C=O) groups excluding carboxylic acids is 2. The molecule has 2 aliphatic rings. The summed E-state index contributed by atoms with van der Waals surface area (Å²) in [6.07, 6.45) is 3.88. The molecule has 0 heterocycles. The number of Topliss-reactive ketones (excluding diaryl/α,β-unsaturated/α-hetero) is 2. The zero-order chi connectivity index (χ0) is 9.69. The minimum atomic E-state index is -0.331. The van der Waals surface area contributed by atoms with Crippen LogP contribution in [-0.2, 0) is 9.59 Å². The maximum atomic E-state index is 11.8. The van der Waals surface area contributed by atoms with E-state index >= 15 is 0 Å². The van der Waals surface area contributed by atoms with Gasteiger partial charge in [0, 0.05) is 23.7 Å². The van der Waals surface area contributed by atoms with E-state index < -0.39 is 0 Å². The van der Waals surface area contributed by atoms with Crippen LogP contribution in [0.2, 0.25) is 0 Å². The van der Waals surface area contributed by atoms with Gasteiger partial charge in [0.1, 0.15) is 11.6 Å². The van der Waals surface area contributed by atoms with Gasteiger partial charge < -0.3 is 0 Å². The number of hydrogen-bond acceptors (Lipinski definition) is 2. The lowest BCUT2D eigenvalue weighted by Gasteiger charge is -2.42. The van der Waals surface area contributed by atoms with Crippen molar-refractivity contribution in [3.63, 3.8) is 0 Å². The van der Waals surface area contributed by atoms with Crippen LogP contribution in [0, 0.1) is 10.8 Å². The third-order valence-corrected chi connectivity index (χ3v) is 4.38. The third-order valence-electron chi connectivity index (χ3n) is 4.38. The summed E-state index contributed by atoms with van der Waals surface area (Å²) in [5.74, 6) is 0.621. The monoisotopic (exact) mass is 180 g/mol. The second-order valence-corrected chi connectivity index (χ2v) is 4.86. The quantitative estimate of drug-likeness (QED) is 0.572. The van der Waals surface area contributed by atoms with E-state index in [0.717, 1.165) is 19.3 Å². The lowest BCUT2D eigenvalue weighted by Crippen LogP contribution is -2.46. The summed E-state index contributed by atoms with van der Waals surface area (Å²) in [7, 11) is 0. The van der Waals surface area contributed by atoms with Gasteiger partial charge in [0.25, 0.3) is 0 Å². The van der Waals surface area contributed by atoms with Crippen LogP contribution in [0.25, 0.3) is 0 Å². The number of rotatable bonds is 0. The number of carbonyl (C=O) groups is 2. The first-order chi connectivity index (χ1) is 6.01. The normalized spacial score (nSPS) is 45.1. The predicted octanol–water partition coefficient (Wildman–Crippen LogP) is 2.11. The highest BCUT2D eigenvalue weighted by molar-refractivity contribution is 5.99. The van der Waals surface area contributed by atoms with Crippen LogP contribution in [-0.4, -0.2) is 11.6 Å². The molecular formula is C11H16O2. The van der Waals surface area contributed by atoms with Crippen molar-refractivity contribution in [3.05, 3.63) is 0 Å². The molecule has 0 saturated heterocycles. The third kappa shape index (κ3) is 0.890. The van der Waals surface area contributed by atoms with Crippen molar-refractivity contribution in [2.45, 2.75) is 46.0 Å². The topological polar surface area (TPSA) is 34.1 Å². The molecule has 2 saturated carbocycles. The SMILES string of the molecule is CC12CCC(=O)[C@@]1(C)CCCC2=O. The molecule has 0 aromatic rings. The van der Waals surface area contributed by atoms with Crippen LogP contribution in [0.4, 0.5) is 0 Å². The van der Waals surface area contributed by atoms with Crippen molar-refractivity contribution in [1.82, 2.24) is 0 Å². The van der Waals surface area contributed by atoms with E-state index in [-0.39, 0.29) is 10.8 Å². The molecule has 0 amide bonds. The van der Waals surface area contributed by atoms with Gasteiger partial charge in [-0.2, -0.15) is 0 Å². The second kappa shape index (κ2) is 2.43. The van der Waals surface area contributed by atoms with Gasteiger partial charge in [-0.1, -0.05) is 13.8 Å². The predicted molar refractivity (Wildman–Crippen MR) is 49.3 cm³/mol. The number of hydrogen-bond donors (Lipinski definition) is 0. The van der Waals surface area contributed by atoms with Crippen LogP contribution in [0.1, 0.15) is 46.0 Å². The molecule has 0 aromatic carbocycles. The molecule has 72 valence electrons. The molecule has 0 spiro atoms. The number of fused-ring (bicyclic) bond motifs is 1. The minimum Gasteiger partial charge on any atom is -0.299 e. The van der Waals surface area contributed by atoms with Gasteiger partial charge in [-0.15, -0.1) is 0 Å². The summed E-state index contributed by atoms with van der Waals surface area (Å²) in [5, 5.41) is 0. The molecule has 0 aromatic heterocycles. The van der Waals surface area contributed by atoms with E-state index in [4.69, 9.17) is 0 Å². The lowest BCUT2D eigenvalue weighted by molar-refractivity contribution is -0.144. The Hall–Kier alpha value is -0.660. The molecule has 2 rings (SSSR count). The fraction of sp³-hybridized carbons (Fsp3) is 0.818. The van der Waals surface area contributed by atoms with E-state index in [1.165, 1.54) is 0 Å². The first kappa shape index (κ1) is 8.92. The molecule has 0 bridgehead atoms. The van der Waals surface area contributed by atoms with Crippen molar-refractivity contribution < 1.29 is 9.59 Å². The molecule has 0 N–H and O–H groups in total. The fourth-order valence-electron chi connectivity index (χ4n) is 2.96. The van der Waals surface area contributed by atoms with Crippen molar-refractivity contribution in [3.8, 4) is 0 Å². The first-order valence-corrected chi connectivity index (χ1v) is 5.07. The van der Waals surface area contributed by atoms with Crippen LogP contribution < -0.4 is 0 Å². The zero-order valence-electron chi connectivity index (χ0n) is 8.35. The standard InChI is InChI=1S/C11H16O2/c1-10-6-3-4-8(12)11(10,2)7-5-9(10)13/h3-7H2,1-2H3/t10-,11?/m1/s1. The Balaban J connectivity index is 2.46. The van der Waals surface area contributed by atoms with Crippen molar-refractivity contribution in [2.75, 3.05) is 0 Å². The summed E-state index contributed by atoms with van der Waals surface area (Å²) in [4.78, 5) is 23.5. The Labute approximate surface area is 78.7 Å². The molecular weight excluding hydrogens is 164 g/mol. The highest BCUT2D eigenvalue weighted by atomic mass is 16.1. The Bertz CT molecular complexity index is 280. The average molecular weight is 180 g/mol. The van der Waals surface area contributed by atoms with Crippen LogP contribution in [0.15, 0.2) is 0 Å².